The molecule has 7 heteroatoms. The number of aromatic nitrogens is 5. The van der Waals surface area contributed by atoms with Crippen LogP contribution in [0.1, 0.15) is 29.3 Å². The third kappa shape index (κ3) is 3.54. The van der Waals surface area contributed by atoms with Crippen LogP contribution in [0.5, 0.6) is 0 Å². The van der Waals surface area contributed by atoms with E-state index >= 15 is 0 Å². The number of nitrogens with zero attached hydrogens (tertiary/aromatic N) is 5. The second-order valence-corrected chi connectivity index (χ2v) is 6.95. The summed E-state index contributed by atoms with van der Waals surface area (Å²) in [7, 11) is 2.14. The average molecular weight is 352 g/mol. The van der Waals surface area contributed by atoms with Gasteiger partial charge >= 0.3 is 0 Å². The molecule has 2 atom stereocenters. The number of aromatic amines is 1. The predicted octanol–water partition coefficient (Wildman–Crippen LogP) is 2.30. The first-order valence-electron chi connectivity index (χ1n) is 8.94. The summed E-state index contributed by atoms with van der Waals surface area (Å²) in [6.45, 7) is 4.70. The molecule has 136 valence electrons. The molecule has 1 saturated heterocycles. The molecule has 0 spiro atoms. The van der Waals surface area contributed by atoms with Crippen LogP contribution >= 0.6 is 0 Å². The summed E-state index contributed by atoms with van der Waals surface area (Å²) in [4.78, 5) is 10.7. The number of hydrogen-bond donors (Lipinski definition) is 1. The van der Waals surface area contributed by atoms with E-state index in [1.165, 1.54) is 11.1 Å². The number of aryl methyl sites for hydroxylation is 1. The largest absolute Gasteiger partial charge is 0.376 e. The fourth-order valence-electron chi connectivity index (χ4n) is 3.63. The Morgan fingerprint density at radius 1 is 1.38 bits per heavy atom. The maximum atomic E-state index is 5.96. The van der Waals surface area contributed by atoms with Crippen molar-refractivity contribution in [2.24, 2.45) is 0 Å². The molecule has 1 N–H and O–H groups in total. The van der Waals surface area contributed by atoms with E-state index in [0.717, 1.165) is 37.6 Å². The molecule has 0 aliphatic carbocycles. The van der Waals surface area contributed by atoms with E-state index in [-0.39, 0.29) is 6.10 Å². The van der Waals surface area contributed by atoms with Gasteiger partial charge in [-0.15, -0.1) is 0 Å². The minimum atomic E-state index is 0.151. The molecule has 1 aliphatic heterocycles. The number of H-pyrrole nitrogens is 1. The zero-order valence-corrected chi connectivity index (χ0v) is 15.2. The van der Waals surface area contributed by atoms with Gasteiger partial charge in [-0.05, 0) is 43.7 Å². The van der Waals surface area contributed by atoms with Gasteiger partial charge in [0, 0.05) is 43.7 Å². The van der Waals surface area contributed by atoms with Crippen LogP contribution in [0.4, 0.5) is 0 Å². The lowest BCUT2D eigenvalue weighted by Crippen LogP contribution is -2.32. The molecule has 4 rings (SSSR count). The lowest BCUT2D eigenvalue weighted by Gasteiger charge is -2.24. The molecule has 7 nitrogen and oxygen atoms in total. The first-order valence-corrected chi connectivity index (χ1v) is 8.94. The highest BCUT2D eigenvalue weighted by atomic mass is 16.5. The van der Waals surface area contributed by atoms with Gasteiger partial charge in [0.25, 0.3) is 0 Å². The maximum Gasteiger partial charge on any atom is 0.137 e. The normalized spacial score (nSPS) is 20.1. The Balaban J connectivity index is 1.41. The number of rotatable bonds is 6. The summed E-state index contributed by atoms with van der Waals surface area (Å²) in [6, 6.07) is 6.54. The molecule has 26 heavy (non-hydrogen) atoms. The number of likely N-dealkylation sites (N-methyl/N-ethyl adjacent to an activating group) is 1. The fraction of sp³-hybridized carbons (Fsp3) is 0.421. The van der Waals surface area contributed by atoms with E-state index in [4.69, 9.17) is 4.74 Å². The minimum absolute atomic E-state index is 0.151. The molecule has 2 aromatic heterocycles. The summed E-state index contributed by atoms with van der Waals surface area (Å²) in [5.74, 6) is 1.23. The van der Waals surface area contributed by atoms with Crippen molar-refractivity contribution in [1.82, 2.24) is 29.6 Å². The standard InChI is InChI=1S/C19H24N6O/c1-14-9-16(25-7-6-20-13-25)4-3-15(14)10-24(2)11-18-17(5-8-26-18)19-21-12-22-23-19/h3-4,6-7,9,12-13,17-18H,5,8,10-11H2,1-2H3,(H,21,22,23)/t17-,18-/m0/s1. The monoisotopic (exact) mass is 352 g/mol. The van der Waals surface area contributed by atoms with Gasteiger partial charge in [0.05, 0.1) is 12.4 Å². The SMILES string of the molecule is Cc1cc(-n2ccnc2)ccc1CN(C)C[C@@H]1OCC[C@@H]1c1ncn[nH]1. The van der Waals surface area contributed by atoms with Crippen molar-refractivity contribution in [3.63, 3.8) is 0 Å². The zero-order chi connectivity index (χ0) is 17.9. The molecule has 0 amide bonds. The van der Waals surface area contributed by atoms with Gasteiger partial charge in [0.2, 0.25) is 0 Å². The Morgan fingerprint density at radius 3 is 3.04 bits per heavy atom. The molecular weight excluding hydrogens is 328 g/mol. The van der Waals surface area contributed by atoms with Gasteiger partial charge in [-0.3, -0.25) is 10.00 Å². The molecule has 1 aromatic carbocycles. The number of hydrogen-bond acceptors (Lipinski definition) is 5. The Hall–Kier alpha value is -2.51. The summed E-state index contributed by atoms with van der Waals surface area (Å²) in [5, 5.41) is 6.97. The van der Waals surface area contributed by atoms with E-state index in [2.05, 4.69) is 57.2 Å². The molecule has 0 unspecified atom stereocenters. The van der Waals surface area contributed by atoms with E-state index in [0.29, 0.717) is 5.92 Å². The van der Waals surface area contributed by atoms with Crippen molar-refractivity contribution in [1.29, 1.82) is 0 Å². The van der Waals surface area contributed by atoms with E-state index in [1.54, 1.807) is 12.5 Å². The van der Waals surface area contributed by atoms with Gasteiger partial charge in [0.1, 0.15) is 12.2 Å². The topological polar surface area (TPSA) is 71.9 Å². The Bertz CT molecular complexity index is 830. The van der Waals surface area contributed by atoms with Crippen LogP contribution < -0.4 is 0 Å². The van der Waals surface area contributed by atoms with Gasteiger partial charge in [-0.2, -0.15) is 5.10 Å². The lowest BCUT2D eigenvalue weighted by atomic mass is 10.00. The third-order valence-electron chi connectivity index (χ3n) is 5.06. The molecule has 3 aromatic rings. The van der Waals surface area contributed by atoms with Crippen molar-refractivity contribution in [2.75, 3.05) is 20.2 Å². The zero-order valence-electron chi connectivity index (χ0n) is 15.2. The smallest absolute Gasteiger partial charge is 0.137 e. The molecule has 0 bridgehead atoms. The van der Waals surface area contributed by atoms with Crippen LogP contribution in [-0.2, 0) is 11.3 Å². The van der Waals surface area contributed by atoms with Crippen LogP contribution in [0, 0.1) is 6.92 Å². The molecule has 0 saturated carbocycles. The lowest BCUT2D eigenvalue weighted by molar-refractivity contribution is 0.0710. The third-order valence-corrected chi connectivity index (χ3v) is 5.06. The van der Waals surface area contributed by atoms with Crippen molar-refractivity contribution in [2.45, 2.75) is 31.9 Å². The molecule has 1 aliphatic rings. The second-order valence-electron chi connectivity index (χ2n) is 6.95. The highest BCUT2D eigenvalue weighted by Crippen LogP contribution is 2.29. The van der Waals surface area contributed by atoms with Crippen molar-refractivity contribution in [3.8, 4) is 5.69 Å². The van der Waals surface area contributed by atoms with E-state index in [9.17, 15) is 0 Å². The molecule has 1 fully saturated rings. The van der Waals surface area contributed by atoms with Gasteiger partial charge in [0.15, 0.2) is 0 Å². The van der Waals surface area contributed by atoms with Crippen molar-refractivity contribution >= 4 is 0 Å². The predicted molar refractivity (Wildman–Crippen MR) is 98.1 cm³/mol. The van der Waals surface area contributed by atoms with Gasteiger partial charge in [-0.25, -0.2) is 9.97 Å². The Kier molecular flexibility index (Phi) is 4.81. The highest BCUT2D eigenvalue weighted by molar-refractivity contribution is 5.40. The molecule has 0 radical (unpaired) electrons. The van der Waals surface area contributed by atoms with Gasteiger partial charge in [-0.1, -0.05) is 6.07 Å². The number of imidazole rings is 1. The summed E-state index contributed by atoms with van der Waals surface area (Å²) < 4.78 is 7.98. The van der Waals surface area contributed by atoms with Crippen LogP contribution in [0.2, 0.25) is 0 Å². The average Bonchev–Trinajstić information content (AvgIpc) is 3.38. The Morgan fingerprint density at radius 2 is 2.31 bits per heavy atom. The first kappa shape index (κ1) is 16.9. The van der Waals surface area contributed by atoms with E-state index in [1.807, 2.05) is 17.1 Å². The van der Waals surface area contributed by atoms with Crippen molar-refractivity contribution < 1.29 is 4.74 Å². The van der Waals surface area contributed by atoms with Crippen LogP contribution in [0.15, 0.2) is 43.2 Å². The Labute approximate surface area is 153 Å². The minimum Gasteiger partial charge on any atom is -0.376 e. The van der Waals surface area contributed by atoms with E-state index < -0.39 is 0 Å². The first-order chi connectivity index (χ1) is 12.7. The summed E-state index contributed by atoms with van der Waals surface area (Å²) in [5.41, 5.74) is 3.74. The second kappa shape index (κ2) is 7.39. The quantitative estimate of drug-likeness (QED) is 0.737. The molecule has 3 heterocycles. The van der Waals surface area contributed by atoms with Crippen molar-refractivity contribution in [3.05, 3.63) is 60.2 Å². The van der Waals surface area contributed by atoms with Gasteiger partial charge < -0.3 is 9.30 Å². The van der Waals surface area contributed by atoms with Crippen LogP contribution in [-0.4, -0.2) is 55.9 Å². The fourth-order valence-corrected chi connectivity index (χ4v) is 3.63. The van der Waals surface area contributed by atoms with Crippen LogP contribution in [0.25, 0.3) is 5.69 Å². The number of nitrogens with one attached hydrogen (secondary N) is 1. The molecular formula is C19H24N6O. The maximum absolute atomic E-state index is 5.96. The highest BCUT2D eigenvalue weighted by Gasteiger charge is 2.32. The number of benzene rings is 1. The summed E-state index contributed by atoms with van der Waals surface area (Å²) in [6.07, 6.45) is 8.29. The van der Waals surface area contributed by atoms with Crippen LogP contribution in [0.3, 0.4) is 0 Å². The number of ether oxygens (including phenoxy) is 1. The summed E-state index contributed by atoms with van der Waals surface area (Å²) >= 11 is 0.